The average molecular weight is 645 g/mol. The van der Waals surface area contributed by atoms with Crippen LogP contribution in [0.2, 0.25) is 0 Å². The first kappa shape index (κ1) is 28.3. The minimum Gasteiger partial charge on any atom is -0.309 e. The molecule has 232 valence electrons. The molecule has 0 spiro atoms. The summed E-state index contributed by atoms with van der Waals surface area (Å²) < 4.78 is 3.62. The highest BCUT2D eigenvalue weighted by atomic mass is 32.1. The fourth-order valence-electron chi connectivity index (χ4n) is 8.02. The third-order valence-corrected chi connectivity index (χ3v) is 11.5. The van der Waals surface area contributed by atoms with E-state index >= 15 is 0 Å². The van der Waals surface area contributed by atoms with Gasteiger partial charge >= 0.3 is 0 Å². The van der Waals surface area contributed by atoms with E-state index < -0.39 is 0 Å². The van der Waals surface area contributed by atoms with Crippen LogP contribution >= 0.6 is 11.3 Å². The number of thiazole rings is 1. The van der Waals surface area contributed by atoms with Gasteiger partial charge in [0.1, 0.15) is 5.01 Å². The van der Waals surface area contributed by atoms with Gasteiger partial charge in [-0.25, -0.2) is 4.98 Å². The zero-order chi connectivity index (χ0) is 32.7. The monoisotopic (exact) mass is 644 g/mol. The predicted octanol–water partition coefficient (Wildman–Crippen LogP) is 12.7. The molecule has 0 unspecified atom stereocenters. The quantitative estimate of drug-likeness (QED) is 0.186. The van der Waals surface area contributed by atoms with Crippen LogP contribution in [0.3, 0.4) is 0 Å². The van der Waals surface area contributed by atoms with E-state index in [4.69, 9.17) is 4.98 Å². The maximum absolute atomic E-state index is 4.88. The summed E-state index contributed by atoms with van der Waals surface area (Å²) in [5, 5.41) is 3.56. The Bertz CT molecular complexity index is 2700. The summed E-state index contributed by atoms with van der Waals surface area (Å²) in [6, 6.07) is 57.7. The average Bonchev–Trinajstić information content (AvgIpc) is 3.80. The van der Waals surface area contributed by atoms with Crippen LogP contribution in [0.1, 0.15) is 25.0 Å². The number of aromatic nitrogens is 2. The molecular formula is C46H32N2S. The lowest BCUT2D eigenvalue weighted by molar-refractivity contribution is 0.660. The summed E-state index contributed by atoms with van der Waals surface area (Å²) in [5.41, 5.74) is 16.2. The Morgan fingerprint density at radius 2 is 1.12 bits per heavy atom. The zero-order valence-corrected chi connectivity index (χ0v) is 28.1. The van der Waals surface area contributed by atoms with Crippen molar-refractivity contribution >= 4 is 43.4 Å². The summed E-state index contributed by atoms with van der Waals surface area (Å²) in [4.78, 5) is 4.88. The smallest absolute Gasteiger partial charge is 0.124 e. The highest BCUT2D eigenvalue weighted by molar-refractivity contribution is 7.21. The van der Waals surface area contributed by atoms with Gasteiger partial charge in [-0.15, -0.1) is 11.3 Å². The van der Waals surface area contributed by atoms with E-state index in [0.29, 0.717) is 0 Å². The van der Waals surface area contributed by atoms with Crippen molar-refractivity contribution in [1.82, 2.24) is 9.55 Å². The molecule has 1 aliphatic rings. The fraction of sp³-hybridized carbons (Fsp3) is 0.0652. The molecule has 9 aromatic rings. The first-order chi connectivity index (χ1) is 24.0. The van der Waals surface area contributed by atoms with Crippen LogP contribution in [0.5, 0.6) is 0 Å². The van der Waals surface area contributed by atoms with E-state index in [1.165, 1.54) is 76.7 Å². The van der Waals surface area contributed by atoms with Gasteiger partial charge < -0.3 is 4.57 Å². The molecular weight excluding hydrogens is 613 g/mol. The molecule has 2 aromatic heterocycles. The molecule has 0 amide bonds. The van der Waals surface area contributed by atoms with Crippen LogP contribution in [0.25, 0.3) is 81.7 Å². The first-order valence-corrected chi connectivity index (χ1v) is 17.7. The van der Waals surface area contributed by atoms with E-state index in [9.17, 15) is 0 Å². The van der Waals surface area contributed by atoms with Crippen molar-refractivity contribution in [3.63, 3.8) is 0 Å². The van der Waals surface area contributed by atoms with Crippen LogP contribution in [0.15, 0.2) is 158 Å². The summed E-state index contributed by atoms with van der Waals surface area (Å²) in [6.07, 6.45) is 0. The molecule has 3 heteroatoms. The van der Waals surface area contributed by atoms with Gasteiger partial charge in [-0.2, -0.15) is 0 Å². The van der Waals surface area contributed by atoms with Gasteiger partial charge in [0.15, 0.2) is 0 Å². The highest BCUT2D eigenvalue weighted by Gasteiger charge is 2.36. The molecule has 7 aromatic carbocycles. The van der Waals surface area contributed by atoms with Crippen molar-refractivity contribution in [3.8, 4) is 49.6 Å². The van der Waals surface area contributed by atoms with Crippen LogP contribution < -0.4 is 0 Å². The van der Waals surface area contributed by atoms with Crippen molar-refractivity contribution in [3.05, 3.63) is 169 Å². The minimum atomic E-state index is -0.0349. The Hall–Kier alpha value is -5.77. The number of rotatable bonds is 4. The lowest BCUT2D eigenvalue weighted by atomic mass is 9.82. The topological polar surface area (TPSA) is 17.8 Å². The van der Waals surface area contributed by atoms with Crippen molar-refractivity contribution in [2.45, 2.75) is 19.3 Å². The lowest BCUT2D eigenvalue weighted by Crippen LogP contribution is -2.14. The van der Waals surface area contributed by atoms with Crippen LogP contribution in [-0.4, -0.2) is 9.55 Å². The van der Waals surface area contributed by atoms with Crippen molar-refractivity contribution < 1.29 is 0 Å². The van der Waals surface area contributed by atoms with Crippen LogP contribution in [0, 0.1) is 0 Å². The summed E-state index contributed by atoms with van der Waals surface area (Å²) in [6.45, 7) is 4.70. The van der Waals surface area contributed by atoms with Crippen molar-refractivity contribution in [2.24, 2.45) is 0 Å². The van der Waals surface area contributed by atoms with Gasteiger partial charge in [0, 0.05) is 27.4 Å². The third kappa shape index (κ3) is 4.29. The Morgan fingerprint density at radius 1 is 0.510 bits per heavy atom. The fourth-order valence-corrected chi connectivity index (χ4v) is 8.99. The first-order valence-electron chi connectivity index (χ1n) is 16.9. The maximum atomic E-state index is 4.88. The Morgan fingerprint density at radius 3 is 1.92 bits per heavy atom. The highest BCUT2D eigenvalue weighted by Crippen LogP contribution is 2.52. The van der Waals surface area contributed by atoms with Gasteiger partial charge in [0.25, 0.3) is 0 Å². The molecule has 0 atom stereocenters. The normalized spacial score (nSPS) is 13.3. The van der Waals surface area contributed by atoms with Gasteiger partial charge in [-0.3, -0.25) is 0 Å². The van der Waals surface area contributed by atoms with Crippen LogP contribution in [0.4, 0.5) is 0 Å². The largest absolute Gasteiger partial charge is 0.309 e. The van der Waals surface area contributed by atoms with Gasteiger partial charge in [0.2, 0.25) is 0 Å². The molecule has 0 fully saturated rings. The van der Waals surface area contributed by atoms with Gasteiger partial charge in [-0.05, 0) is 93.0 Å². The molecule has 0 N–H and O–H groups in total. The number of benzene rings is 7. The molecule has 0 radical (unpaired) electrons. The minimum absolute atomic E-state index is 0.0349. The second kappa shape index (κ2) is 10.6. The van der Waals surface area contributed by atoms with E-state index in [-0.39, 0.29) is 5.41 Å². The second-order valence-electron chi connectivity index (χ2n) is 13.6. The number of fused-ring (bicyclic) bond motifs is 7. The standard InChI is InChI=1S/C46H32N2S/c1-46(2)38-15-7-6-13-35(38)44-34(14-10-16-39(44)46)32-24-26-42-37(28-32)36-27-31(23-25-41(36)48(42)33-11-4-3-5-12-33)29-19-21-30(22-20-29)45-47-40-17-8-9-18-43(40)49-45/h3-28H,1-2H3. The molecule has 0 saturated heterocycles. The molecule has 1 aliphatic carbocycles. The second-order valence-corrected chi connectivity index (χ2v) is 14.6. The van der Waals surface area contributed by atoms with Crippen molar-refractivity contribution in [2.75, 3.05) is 0 Å². The summed E-state index contributed by atoms with van der Waals surface area (Å²) >= 11 is 1.74. The SMILES string of the molecule is CC1(C)c2ccccc2-c2c(-c3ccc4c(c3)c3cc(-c5ccc(-c6nc7ccccc7s6)cc5)ccc3n4-c3ccccc3)cccc21. The number of nitrogens with zero attached hydrogens (tertiary/aromatic N) is 2. The molecule has 0 bridgehead atoms. The Kier molecular flexibility index (Phi) is 6.12. The lowest BCUT2D eigenvalue weighted by Gasteiger charge is -2.21. The summed E-state index contributed by atoms with van der Waals surface area (Å²) in [5.74, 6) is 0. The molecule has 49 heavy (non-hydrogen) atoms. The third-order valence-electron chi connectivity index (χ3n) is 10.5. The molecule has 0 aliphatic heterocycles. The van der Waals surface area contributed by atoms with Crippen LogP contribution in [-0.2, 0) is 5.41 Å². The Labute approximate surface area is 289 Å². The Balaban J connectivity index is 1.14. The van der Waals surface area contributed by atoms with Crippen molar-refractivity contribution in [1.29, 1.82) is 0 Å². The zero-order valence-electron chi connectivity index (χ0n) is 27.3. The van der Waals surface area contributed by atoms with E-state index in [2.05, 4.69) is 176 Å². The molecule has 2 heterocycles. The van der Waals surface area contributed by atoms with Gasteiger partial charge in [-0.1, -0.05) is 123 Å². The molecule has 10 rings (SSSR count). The van der Waals surface area contributed by atoms with E-state index in [0.717, 1.165) is 16.1 Å². The number of hydrogen-bond donors (Lipinski definition) is 0. The molecule has 2 nitrogen and oxygen atoms in total. The van der Waals surface area contributed by atoms with E-state index in [1.807, 2.05) is 0 Å². The number of para-hydroxylation sites is 2. The predicted molar refractivity (Wildman–Crippen MR) is 208 cm³/mol. The molecule has 0 saturated carbocycles. The van der Waals surface area contributed by atoms with Gasteiger partial charge in [0.05, 0.1) is 21.3 Å². The van der Waals surface area contributed by atoms with E-state index in [1.54, 1.807) is 11.3 Å². The number of hydrogen-bond acceptors (Lipinski definition) is 2. The summed E-state index contributed by atoms with van der Waals surface area (Å²) in [7, 11) is 0. The maximum Gasteiger partial charge on any atom is 0.124 e.